The molecule has 1 fully saturated rings. The van der Waals surface area contributed by atoms with E-state index in [4.69, 9.17) is 10.3 Å². The third-order valence-corrected chi connectivity index (χ3v) is 4.86. The molecule has 1 N–H and O–H groups in total. The summed E-state index contributed by atoms with van der Waals surface area (Å²) in [7, 11) is 0. The van der Waals surface area contributed by atoms with Crippen LogP contribution in [0.4, 0.5) is 5.69 Å². The number of rotatable bonds is 4. The van der Waals surface area contributed by atoms with Gasteiger partial charge in [0, 0.05) is 11.8 Å². The molecule has 2 rings (SSSR count). The molecule has 1 heterocycles. The van der Waals surface area contributed by atoms with Gasteiger partial charge in [0.25, 0.3) is 0 Å². The quantitative estimate of drug-likeness (QED) is 0.914. The lowest BCUT2D eigenvalue weighted by Crippen LogP contribution is -2.32. The predicted molar refractivity (Wildman–Crippen MR) is 86.5 cm³/mol. The van der Waals surface area contributed by atoms with Gasteiger partial charge >= 0.3 is 0 Å². The molecule has 0 radical (unpaired) electrons. The Kier molecular flexibility index (Phi) is 5.08. The number of aliphatic imine (C=N–C) groups is 1. The molecule has 0 saturated carbocycles. The second-order valence-corrected chi connectivity index (χ2v) is 6.18. The van der Waals surface area contributed by atoms with Crippen molar-refractivity contribution < 1.29 is 0 Å². The Bertz CT molecular complexity index is 545. The van der Waals surface area contributed by atoms with Crippen LogP contribution in [0.2, 0.25) is 0 Å². The molecule has 1 aliphatic rings. The Morgan fingerprint density at radius 2 is 2.30 bits per heavy atom. The molecule has 20 heavy (non-hydrogen) atoms. The summed E-state index contributed by atoms with van der Waals surface area (Å²) in [6, 6.07) is 8.42. The number of amidine groups is 1. The SMILES string of the molecule is CCc1cc(C#N)ccc1N=C1N[C@@H](C(C)CC)CS1. The summed E-state index contributed by atoms with van der Waals surface area (Å²) in [5, 5.41) is 13.5. The molecule has 2 atom stereocenters. The zero-order valence-corrected chi connectivity index (χ0v) is 13.1. The normalized spacial score (nSPS) is 21.5. The second-order valence-electron chi connectivity index (χ2n) is 5.17. The Hall–Kier alpha value is -1.47. The highest BCUT2D eigenvalue weighted by Gasteiger charge is 2.24. The average molecular weight is 287 g/mol. The smallest absolute Gasteiger partial charge is 0.162 e. The topological polar surface area (TPSA) is 48.2 Å². The van der Waals surface area contributed by atoms with E-state index in [1.807, 2.05) is 18.2 Å². The zero-order chi connectivity index (χ0) is 14.5. The van der Waals surface area contributed by atoms with Gasteiger partial charge in [-0.15, -0.1) is 0 Å². The lowest BCUT2D eigenvalue weighted by atomic mass is 10.0. The number of benzene rings is 1. The van der Waals surface area contributed by atoms with Crippen molar-refractivity contribution in [3.8, 4) is 6.07 Å². The number of hydrogen-bond acceptors (Lipinski definition) is 3. The first-order chi connectivity index (χ1) is 9.67. The minimum absolute atomic E-state index is 0.521. The fourth-order valence-corrected chi connectivity index (χ4v) is 3.37. The third-order valence-electron chi connectivity index (χ3n) is 3.85. The lowest BCUT2D eigenvalue weighted by Gasteiger charge is -2.16. The fraction of sp³-hybridized carbons (Fsp3) is 0.500. The average Bonchev–Trinajstić information content (AvgIpc) is 2.95. The van der Waals surface area contributed by atoms with Gasteiger partial charge in [0.15, 0.2) is 5.17 Å². The summed E-state index contributed by atoms with van der Waals surface area (Å²) in [6.45, 7) is 6.60. The molecule has 0 spiro atoms. The molecule has 3 nitrogen and oxygen atoms in total. The van der Waals surface area contributed by atoms with Crippen LogP contribution < -0.4 is 5.32 Å². The van der Waals surface area contributed by atoms with Crippen molar-refractivity contribution in [2.24, 2.45) is 10.9 Å². The largest absolute Gasteiger partial charge is 0.361 e. The highest BCUT2D eigenvalue weighted by Crippen LogP contribution is 2.26. The van der Waals surface area contributed by atoms with Gasteiger partial charge in [0.2, 0.25) is 0 Å². The minimum atomic E-state index is 0.521. The van der Waals surface area contributed by atoms with Gasteiger partial charge in [-0.2, -0.15) is 5.26 Å². The van der Waals surface area contributed by atoms with Crippen molar-refractivity contribution in [2.45, 2.75) is 39.7 Å². The Morgan fingerprint density at radius 3 is 2.95 bits per heavy atom. The number of nitriles is 1. The molecule has 0 aliphatic carbocycles. The molecule has 106 valence electrons. The molecule has 0 aromatic heterocycles. The van der Waals surface area contributed by atoms with Crippen LogP contribution in [0.5, 0.6) is 0 Å². The van der Waals surface area contributed by atoms with E-state index in [1.165, 1.54) is 6.42 Å². The molecule has 1 saturated heterocycles. The maximum absolute atomic E-state index is 8.95. The van der Waals surface area contributed by atoms with E-state index in [9.17, 15) is 0 Å². The van der Waals surface area contributed by atoms with Crippen molar-refractivity contribution in [1.82, 2.24) is 5.32 Å². The van der Waals surface area contributed by atoms with E-state index in [0.717, 1.165) is 28.6 Å². The van der Waals surface area contributed by atoms with Crippen molar-refractivity contribution in [3.05, 3.63) is 29.3 Å². The Morgan fingerprint density at radius 1 is 1.50 bits per heavy atom. The van der Waals surface area contributed by atoms with Gasteiger partial charge in [0.05, 0.1) is 17.3 Å². The minimum Gasteiger partial charge on any atom is -0.361 e. The fourth-order valence-electron chi connectivity index (χ4n) is 2.22. The summed E-state index contributed by atoms with van der Waals surface area (Å²) in [6.07, 6.45) is 2.07. The van der Waals surface area contributed by atoms with Crippen LogP contribution in [0, 0.1) is 17.2 Å². The van der Waals surface area contributed by atoms with Crippen LogP contribution in [0.25, 0.3) is 0 Å². The van der Waals surface area contributed by atoms with Gasteiger partial charge in [-0.3, -0.25) is 0 Å². The summed E-state index contributed by atoms with van der Waals surface area (Å²) >= 11 is 1.79. The van der Waals surface area contributed by atoms with E-state index in [0.29, 0.717) is 17.5 Å². The maximum Gasteiger partial charge on any atom is 0.162 e. The van der Waals surface area contributed by atoms with Crippen molar-refractivity contribution in [3.63, 3.8) is 0 Å². The van der Waals surface area contributed by atoms with Gasteiger partial charge in [-0.25, -0.2) is 4.99 Å². The Labute approximate surface area is 125 Å². The molecule has 1 unspecified atom stereocenters. The number of thioether (sulfide) groups is 1. The van der Waals surface area contributed by atoms with E-state index < -0.39 is 0 Å². The monoisotopic (exact) mass is 287 g/mol. The van der Waals surface area contributed by atoms with Crippen LogP contribution in [0.15, 0.2) is 23.2 Å². The van der Waals surface area contributed by atoms with E-state index >= 15 is 0 Å². The number of nitrogens with zero attached hydrogens (tertiary/aromatic N) is 2. The Balaban J connectivity index is 2.18. The van der Waals surface area contributed by atoms with Gasteiger partial charge in [-0.1, -0.05) is 39.0 Å². The van der Waals surface area contributed by atoms with Crippen LogP contribution in [-0.2, 0) is 6.42 Å². The highest BCUT2D eigenvalue weighted by atomic mass is 32.2. The predicted octanol–water partition coefficient (Wildman–Crippen LogP) is 3.86. The van der Waals surface area contributed by atoms with Crippen molar-refractivity contribution in [1.29, 1.82) is 5.26 Å². The molecular weight excluding hydrogens is 266 g/mol. The van der Waals surface area contributed by atoms with E-state index in [1.54, 1.807) is 11.8 Å². The van der Waals surface area contributed by atoms with Gasteiger partial charge in [-0.05, 0) is 36.1 Å². The molecule has 0 bridgehead atoms. The second kappa shape index (κ2) is 6.81. The maximum atomic E-state index is 8.95. The first-order valence-corrected chi connectivity index (χ1v) is 8.17. The van der Waals surface area contributed by atoms with E-state index in [2.05, 4.69) is 32.2 Å². The van der Waals surface area contributed by atoms with E-state index in [-0.39, 0.29) is 0 Å². The highest BCUT2D eigenvalue weighted by molar-refractivity contribution is 8.14. The van der Waals surface area contributed by atoms with Gasteiger partial charge < -0.3 is 5.32 Å². The standard InChI is InChI=1S/C16H21N3S/c1-4-11(3)15-10-20-16(19-15)18-14-7-6-12(9-17)8-13(14)5-2/h6-8,11,15H,4-5,10H2,1-3H3,(H,18,19)/t11?,15-/m1/s1. The summed E-state index contributed by atoms with van der Waals surface area (Å²) in [5.74, 6) is 1.76. The molecule has 1 aromatic carbocycles. The number of hydrogen-bond donors (Lipinski definition) is 1. The summed E-state index contributed by atoms with van der Waals surface area (Å²) in [5.41, 5.74) is 2.81. The molecule has 1 aliphatic heterocycles. The van der Waals surface area contributed by atoms with Gasteiger partial charge in [0.1, 0.15) is 0 Å². The van der Waals surface area contributed by atoms with Crippen molar-refractivity contribution in [2.75, 3.05) is 5.75 Å². The zero-order valence-electron chi connectivity index (χ0n) is 12.3. The van der Waals surface area contributed by atoms with Crippen LogP contribution in [0.3, 0.4) is 0 Å². The lowest BCUT2D eigenvalue weighted by molar-refractivity contribution is 0.450. The van der Waals surface area contributed by atoms with Crippen LogP contribution in [0.1, 0.15) is 38.3 Å². The molecule has 1 aromatic rings. The molecule has 0 amide bonds. The van der Waals surface area contributed by atoms with Crippen molar-refractivity contribution >= 4 is 22.6 Å². The van der Waals surface area contributed by atoms with Crippen LogP contribution >= 0.6 is 11.8 Å². The van der Waals surface area contributed by atoms with Crippen LogP contribution in [-0.4, -0.2) is 17.0 Å². The molecular formula is C16H21N3S. The number of nitrogens with one attached hydrogen (secondary N) is 1. The molecule has 4 heteroatoms. The summed E-state index contributed by atoms with van der Waals surface area (Å²) in [4.78, 5) is 4.73. The first-order valence-electron chi connectivity index (χ1n) is 7.19. The number of aryl methyl sites for hydroxylation is 1. The summed E-state index contributed by atoms with van der Waals surface area (Å²) < 4.78 is 0. The third kappa shape index (κ3) is 3.34. The first kappa shape index (κ1) is 14.9.